The van der Waals surface area contributed by atoms with E-state index in [0.29, 0.717) is 10.6 Å². The summed E-state index contributed by atoms with van der Waals surface area (Å²) in [5.74, 6) is -1.84. The van der Waals surface area contributed by atoms with E-state index in [1.165, 1.54) is 18.2 Å². The van der Waals surface area contributed by atoms with Crippen LogP contribution >= 0.6 is 11.6 Å². The number of methoxy groups -OCH3 is 2. The van der Waals surface area contributed by atoms with Crippen LogP contribution in [0.3, 0.4) is 0 Å². The van der Waals surface area contributed by atoms with Gasteiger partial charge in [-0.3, -0.25) is 4.99 Å². The molecular formula is C18H16ClNO5. The summed E-state index contributed by atoms with van der Waals surface area (Å²) in [7, 11) is 2.29. The van der Waals surface area contributed by atoms with Crippen molar-refractivity contribution in [1.29, 1.82) is 0 Å². The van der Waals surface area contributed by atoms with Crippen LogP contribution in [0.25, 0.3) is 0 Å². The fourth-order valence-electron chi connectivity index (χ4n) is 2.15. The van der Waals surface area contributed by atoms with Crippen LogP contribution in [0.2, 0.25) is 5.02 Å². The zero-order valence-electron chi connectivity index (χ0n) is 13.6. The largest absolute Gasteiger partial charge is 0.507 e. The van der Waals surface area contributed by atoms with Crippen LogP contribution in [-0.4, -0.2) is 43.0 Å². The third kappa shape index (κ3) is 4.36. The first-order valence-corrected chi connectivity index (χ1v) is 7.63. The van der Waals surface area contributed by atoms with Gasteiger partial charge < -0.3 is 14.6 Å². The molecule has 0 atom stereocenters. The summed E-state index contributed by atoms with van der Waals surface area (Å²) in [6.07, 6.45) is 0. The van der Waals surface area contributed by atoms with Crippen LogP contribution in [0.5, 0.6) is 5.75 Å². The Morgan fingerprint density at radius 3 is 2.20 bits per heavy atom. The first-order chi connectivity index (χ1) is 12.0. The number of hydrogen-bond donors (Lipinski definition) is 1. The molecular weight excluding hydrogens is 346 g/mol. The lowest BCUT2D eigenvalue weighted by Crippen LogP contribution is -2.32. The molecule has 0 aliphatic heterocycles. The minimum atomic E-state index is -1.52. The van der Waals surface area contributed by atoms with Gasteiger partial charge in [0, 0.05) is 16.1 Å². The van der Waals surface area contributed by atoms with Gasteiger partial charge in [-0.25, -0.2) is 9.59 Å². The van der Waals surface area contributed by atoms with E-state index in [-0.39, 0.29) is 17.0 Å². The van der Waals surface area contributed by atoms with E-state index in [1.54, 1.807) is 30.3 Å². The molecule has 25 heavy (non-hydrogen) atoms. The molecule has 0 bridgehead atoms. The molecule has 0 fully saturated rings. The Labute approximate surface area is 149 Å². The van der Waals surface area contributed by atoms with Gasteiger partial charge in [0.25, 0.3) is 0 Å². The molecule has 2 rings (SSSR count). The van der Waals surface area contributed by atoms with Gasteiger partial charge in [0.1, 0.15) is 5.75 Å². The average Bonchev–Trinajstić information content (AvgIpc) is 2.64. The van der Waals surface area contributed by atoms with E-state index in [0.717, 1.165) is 14.2 Å². The number of ether oxygens (including phenoxy) is 2. The second-order valence-electron chi connectivity index (χ2n) is 4.95. The summed E-state index contributed by atoms with van der Waals surface area (Å²) in [5.41, 5.74) is 1.07. The van der Waals surface area contributed by atoms with Crippen LogP contribution in [-0.2, 0) is 19.1 Å². The number of phenols is 1. The number of esters is 2. The highest BCUT2D eigenvalue weighted by atomic mass is 35.5. The molecule has 0 aliphatic carbocycles. The van der Waals surface area contributed by atoms with Crippen molar-refractivity contribution in [3.8, 4) is 5.75 Å². The average molecular weight is 362 g/mol. The van der Waals surface area contributed by atoms with Crippen molar-refractivity contribution in [2.75, 3.05) is 14.2 Å². The zero-order chi connectivity index (χ0) is 18.4. The predicted molar refractivity (Wildman–Crippen MR) is 93.0 cm³/mol. The number of aromatic hydroxyl groups is 1. The molecule has 0 aliphatic rings. The second kappa shape index (κ2) is 8.30. The number of phenolic OH excluding ortho intramolecular Hbond substituents is 1. The monoisotopic (exact) mass is 361 g/mol. The minimum absolute atomic E-state index is 0.0968. The van der Waals surface area contributed by atoms with Crippen molar-refractivity contribution < 1.29 is 24.2 Å². The molecule has 0 saturated carbocycles. The molecule has 7 heteroatoms. The maximum Gasteiger partial charge on any atom is 0.342 e. The zero-order valence-corrected chi connectivity index (χ0v) is 14.4. The van der Waals surface area contributed by atoms with Crippen LogP contribution < -0.4 is 0 Å². The van der Waals surface area contributed by atoms with Crippen molar-refractivity contribution in [3.63, 3.8) is 0 Å². The summed E-state index contributed by atoms with van der Waals surface area (Å²) in [6, 6.07) is 11.7. The Kier molecular flexibility index (Phi) is 6.14. The van der Waals surface area contributed by atoms with Gasteiger partial charge in [-0.05, 0) is 18.2 Å². The predicted octanol–water partition coefficient (Wildman–Crippen LogP) is 2.60. The molecule has 0 amide bonds. The van der Waals surface area contributed by atoms with Crippen molar-refractivity contribution in [3.05, 3.63) is 64.7 Å². The fourth-order valence-corrected chi connectivity index (χ4v) is 2.32. The first-order valence-electron chi connectivity index (χ1n) is 7.25. The van der Waals surface area contributed by atoms with Gasteiger partial charge in [-0.15, -0.1) is 0 Å². The molecule has 0 radical (unpaired) electrons. The molecule has 0 saturated heterocycles. The van der Waals surface area contributed by atoms with E-state index >= 15 is 0 Å². The Morgan fingerprint density at radius 2 is 1.64 bits per heavy atom. The number of halogens is 1. The van der Waals surface area contributed by atoms with E-state index in [4.69, 9.17) is 11.6 Å². The minimum Gasteiger partial charge on any atom is -0.507 e. The first kappa shape index (κ1) is 18.5. The van der Waals surface area contributed by atoms with Crippen LogP contribution in [0.15, 0.2) is 53.5 Å². The molecule has 0 heterocycles. The van der Waals surface area contributed by atoms with Crippen molar-refractivity contribution in [2.24, 2.45) is 4.99 Å². The van der Waals surface area contributed by atoms with Gasteiger partial charge in [0.15, 0.2) is 0 Å². The normalized spacial score (nSPS) is 11.3. The molecule has 1 N–H and O–H groups in total. The van der Waals surface area contributed by atoms with Gasteiger partial charge in [-0.2, -0.15) is 0 Å². The summed E-state index contributed by atoms with van der Waals surface area (Å²) < 4.78 is 9.25. The Balaban J connectivity index is 2.68. The quantitative estimate of drug-likeness (QED) is 0.502. The highest BCUT2D eigenvalue weighted by Crippen LogP contribution is 2.25. The lowest BCUT2D eigenvalue weighted by atomic mass is 10.0. The molecule has 0 spiro atoms. The summed E-state index contributed by atoms with van der Waals surface area (Å²) in [5, 5.41) is 10.6. The van der Waals surface area contributed by atoms with E-state index in [1.807, 2.05) is 0 Å². The van der Waals surface area contributed by atoms with E-state index in [9.17, 15) is 14.7 Å². The van der Waals surface area contributed by atoms with E-state index in [2.05, 4.69) is 14.5 Å². The number of benzene rings is 2. The summed E-state index contributed by atoms with van der Waals surface area (Å²) in [4.78, 5) is 28.1. The number of hydrogen-bond acceptors (Lipinski definition) is 6. The summed E-state index contributed by atoms with van der Waals surface area (Å²) >= 11 is 6.02. The number of aliphatic imine (C=N–C) groups is 1. The van der Waals surface area contributed by atoms with Crippen molar-refractivity contribution in [2.45, 2.75) is 6.04 Å². The SMILES string of the molecule is COC(=O)C(N=C(c1ccccc1)c1cc(Cl)ccc1O)C(=O)OC. The smallest absolute Gasteiger partial charge is 0.342 e. The molecule has 130 valence electrons. The van der Waals surface area contributed by atoms with E-state index < -0.39 is 18.0 Å². The topological polar surface area (TPSA) is 85.2 Å². The van der Waals surface area contributed by atoms with Crippen LogP contribution in [0.1, 0.15) is 11.1 Å². The van der Waals surface area contributed by atoms with Crippen LogP contribution in [0.4, 0.5) is 0 Å². The number of carbonyl (C=O) groups excluding carboxylic acids is 2. The second-order valence-corrected chi connectivity index (χ2v) is 5.39. The van der Waals surface area contributed by atoms with Gasteiger partial charge in [0.2, 0.25) is 6.04 Å². The van der Waals surface area contributed by atoms with Gasteiger partial charge in [0.05, 0.1) is 19.9 Å². The molecule has 2 aromatic carbocycles. The number of carbonyl (C=O) groups is 2. The molecule has 6 nitrogen and oxygen atoms in total. The lowest BCUT2D eigenvalue weighted by molar-refractivity contribution is -0.153. The Morgan fingerprint density at radius 1 is 1.04 bits per heavy atom. The Bertz CT molecular complexity index is 788. The number of nitrogens with zero attached hydrogens (tertiary/aromatic N) is 1. The molecule has 0 aromatic heterocycles. The van der Waals surface area contributed by atoms with Gasteiger partial charge in [-0.1, -0.05) is 41.9 Å². The Hall–Kier alpha value is -2.86. The third-order valence-corrected chi connectivity index (χ3v) is 3.60. The highest BCUT2D eigenvalue weighted by Gasteiger charge is 2.29. The number of rotatable bonds is 5. The highest BCUT2D eigenvalue weighted by molar-refractivity contribution is 6.31. The van der Waals surface area contributed by atoms with Crippen LogP contribution in [0, 0.1) is 0 Å². The summed E-state index contributed by atoms with van der Waals surface area (Å²) in [6.45, 7) is 0. The van der Waals surface area contributed by atoms with Gasteiger partial charge >= 0.3 is 11.9 Å². The molecule has 2 aromatic rings. The standard InChI is InChI=1S/C18H16ClNO5/c1-24-17(22)16(18(23)25-2)20-15(11-6-4-3-5-7-11)13-10-12(19)8-9-14(13)21/h3-10,16,21H,1-2H3. The molecule has 0 unspecified atom stereocenters. The third-order valence-electron chi connectivity index (χ3n) is 3.37. The maximum absolute atomic E-state index is 11.9. The van der Waals surface area contributed by atoms with Crippen molar-refractivity contribution in [1.82, 2.24) is 0 Å². The van der Waals surface area contributed by atoms with Crippen molar-refractivity contribution >= 4 is 29.3 Å². The lowest BCUT2D eigenvalue weighted by Gasteiger charge is -2.14. The fraction of sp³-hybridized carbons (Fsp3) is 0.167. The maximum atomic E-state index is 11.9.